The van der Waals surface area contributed by atoms with Crippen LogP contribution < -0.4 is 5.32 Å². The van der Waals surface area contributed by atoms with Crippen LogP contribution in [0.1, 0.15) is 45.0 Å². The van der Waals surface area contributed by atoms with E-state index in [1.54, 1.807) is 0 Å². The molecule has 104 valence electrons. The van der Waals surface area contributed by atoms with Crippen LogP contribution in [0.25, 0.3) is 0 Å². The van der Waals surface area contributed by atoms with Crippen LogP contribution >= 0.6 is 23.2 Å². The fourth-order valence-electron chi connectivity index (χ4n) is 2.01. The SMILES string of the molecule is CCc1nn(CC)c(CNC(CC)CCCl)c1Cl. The predicted molar refractivity (Wildman–Crippen MR) is 78.5 cm³/mol. The lowest BCUT2D eigenvalue weighted by atomic mass is 10.1. The summed E-state index contributed by atoms with van der Waals surface area (Å²) in [5.41, 5.74) is 2.07. The predicted octanol–water partition coefficient (Wildman–Crippen LogP) is 3.62. The van der Waals surface area contributed by atoms with E-state index in [1.807, 2.05) is 4.68 Å². The van der Waals surface area contributed by atoms with Crippen LogP contribution in [-0.2, 0) is 19.5 Å². The molecule has 0 aliphatic carbocycles. The van der Waals surface area contributed by atoms with Gasteiger partial charge in [0.05, 0.1) is 16.4 Å². The first-order valence-corrected chi connectivity index (χ1v) is 7.62. The smallest absolute Gasteiger partial charge is 0.0863 e. The third-order valence-corrected chi connectivity index (χ3v) is 3.86. The Hall–Kier alpha value is -0.250. The molecule has 5 heteroatoms. The van der Waals surface area contributed by atoms with Gasteiger partial charge in [0.25, 0.3) is 0 Å². The summed E-state index contributed by atoms with van der Waals surface area (Å²) in [5, 5.41) is 8.84. The second-order valence-corrected chi connectivity index (χ2v) is 5.10. The Balaban J connectivity index is 2.73. The van der Waals surface area contributed by atoms with Crippen molar-refractivity contribution >= 4 is 23.2 Å². The van der Waals surface area contributed by atoms with Crippen LogP contribution in [-0.4, -0.2) is 21.7 Å². The summed E-state index contributed by atoms with van der Waals surface area (Å²) in [6.45, 7) is 7.94. The molecule has 0 aliphatic heterocycles. The molecule has 0 saturated carbocycles. The van der Waals surface area contributed by atoms with E-state index in [0.29, 0.717) is 11.9 Å². The maximum absolute atomic E-state index is 6.36. The van der Waals surface area contributed by atoms with Crippen LogP contribution in [0.5, 0.6) is 0 Å². The zero-order valence-corrected chi connectivity index (χ0v) is 13.0. The molecule has 1 heterocycles. The maximum Gasteiger partial charge on any atom is 0.0863 e. The van der Waals surface area contributed by atoms with E-state index in [9.17, 15) is 0 Å². The third kappa shape index (κ3) is 3.87. The Kier molecular flexibility index (Phi) is 7.05. The van der Waals surface area contributed by atoms with Crippen molar-refractivity contribution in [1.82, 2.24) is 15.1 Å². The minimum absolute atomic E-state index is 0.448. The summed E-state index contributed by atoms with van der Waals surface area (Å²) in [7, 11) is 0. The highest BCUT2D eigenvalue weighted by atomic mass is 35.5. The molecule has 0 saturated heterocycles. The Bertz CT molecular complexity index is 363. The van der Waals surface area contributed by atoms with E-state index in [4.69, 9.17) is 23.2 Å². The molecular weight excluding hydrogens is 269 g/mol. The minimum atomic E-state index is 0.448. The number of halogens is 2. The summed E-state index contributed by atoms with van der Waals surface area (Å²) in [6, 6.07) is 0.448. The van der Waals surface area contributed by atoms with Crippen molar-refractivity contribution in [3.63, 3.8) is 0 Å². The van der Waals surface area contributed by atoms with Gasteiger partial charge in [0.2, 0.25) is 0 Å². The average molecular weight is 292 g/mol. The van der Waals surface area contributed by atoms with Crippen molar-refractivity contribution in [2.24, 2.45) is 0 Å². The van der Waals surface area contributed by atoms with Gasteiger partial charge in [0.1, 0.15) is 0 Å². The third-order valence-electron chi connectivity index (χ3n) is 3.20. The number of aryl methyl sites for hydroxylation is 2. The second-order valence-electron chi connectivity index (χ2n) is 4.34. The molecule has 1 atom stereocenters. The molecule has 0 amide bonds. The molecule has 18 heavy (non-hydrogen) atoms. The molecule has 0 fully saturated rings. The first-order chi connectivity index (χ1) is 8.67. The molecular formula is C13H23Cl2N3. The highest BCUT2D eigenvalue weighted by Gasteiger charge is 2.15. The molecule has 0 bridgehead atoms. The van der Waals surface area contributed by atoms with Gasteiger partial charge in [-0.05, 0) is 26.2 Å². The Morgan fingerprint density at radius 2 is 2.06 bits per heavy atom. The van der Waals surface area contributed by atoms with Crippen LogP contribution in [0.15, 0.2) is 0 Å². The number of nitrogens with one attached hydrogen (secondary N) is 1. The van der Waals surface area contributed by atoms with E-state index >= 15 is 0 Å². The van der Waals surface area contributed by atoms with Crippen molar-refractivity contribution in [3.05, 3.63) is 16.4 Å². The van der Waals surface area contributed by atoms with E-state index in [2.05, 4.69) is 31.2 Å². The van der Waals surface area contributed by atoms with Gasteiger partial charge in [-0.3, -0.25) is 4.68 Å². The first kappa shape index (κ1) is 15.8. The van der Waals surface area contributed by atoms with Gasteiger partial charge >= 0.3 is 0 Å². The summed E-state index contributed by atoms with van der Waals surface area (Å²) in [5.74, 6) is 0.687. The molecule has 1 rings (SSSR count). The van der Waals surface area contributed by atoms with Crippen LogP contribution in [0.4, 0.5) is 0 Å². The van der Waals surface area contributed by atoms with Gasteiger partial charge in [0, 0.05) is 25.0 Å². The van der Waals surface area contributed by atoms with Crippen molar-refractivity contribution in [2.45, 2.75) is 59.2 Å². The minimum Gasteiger partial charge on any atom is -0.308 e. The fourth-order valence-corrected chi connectivity index (χ4v) is 2.61. The molecule has 0 aromatic carbocycles. The summed E-state index contributed by atoms with van der Waals surface area (Å²) >= 11 is 12.2. The number of hydrogen-bond donors (Lipinski definition) is 1. The van der Waals surface area contributed by atoms with Gasteiger partial charge < -0.3 is 5.32 Å². The molecule has 1 aromatic heterocycles. The zero-order chi connectivity index (χ0) is 13.5. The number of alkyl halides is 1. The molecule has 3 nitrogen and oxygen atoms in total. The van der Waals surface area contributed by atoms with E-state index in [-0.39, 0.29) is 0 Å². The summed E-state index contributed by atoms with van der Waals surface area (Å²) in [6.07, 6.45) is 2.93. The fraction of sp³-hybridized carbons (Fsp3) is 0.769. The largest absolute Gasteiger partial charge is 0.308 e. The van der Waals surface area contributed by atoms with Gasteiger partial charge in [-0.2, -0.15) is 5.10 Å². The molecule has 1 N–H and O–H groups in total. The quantitative estimate of drug-likeness (QED) is 0.742. The molecule has 1 unspecified atom stereocenters. The van der Waals surface area contributed by atoms with Crippen molar-refractivity contribution in [2.75, 3.05) is 5.88 Å². The topological polar surface area (TPSA) is 29.9 Å². The van der Waals surface area contributed by atoms with Crippen molar-refractivity contribution in [1.29, 1.82) is 0 Å². The van der Waals surface area contributed by atoms with Gasteiger partial charge in [0.15, 0.2) is 0 Å². The van der Waals surface area contributed by atoms with E-state index in [0.717, 1.165) is 48.8 Å². The monoisotopic (exact) mass is 291 g/mol. The van der Waals surface area contributed by atoms with Gasteiger partial charge in [-0.15, -0.1) is 11.6 Å². The Labute approximate surface area is 120 Å². The van der Waals surface area contributed by atoms with E-state index < -0.39 is 0 Å². The molecule has 0 aliphatic rings. The standard InChI is InChI=1S/C13H23Cl2N3/c1-4-10(7-8-14)16-9-12-13(15)11(5-2)17-18(12)6-3/h10,16H,4-9H2,1-3H3. The van der Waals surface area contributed by atoms with Crippen LogP contribution in [0, 0.1) is 0 Å². The lowest BCUT2D eigenvalue weighted by Crippen LogP contribution is -2.29. The second kappa shape index (κ2) is 8.03. The molecule has 0 radical (unpaired) electrons. The number of hydrogen-bond acceptors (Lipinski definition) is 2. The maximum atomic E-state index is 6.36. The van der Waals surface area contributed by atoms with Crippen molar-refractivity contribution < 1.29 is 0 Å². The van der Waals surface area contributed by atoms with Gasteiger partial charge in [-0.25, -0.2) is 0 Å². The number of aromatic nitrogens is 2. The van der Waals surface area contributed by atoms with Crippen LogP contribution in [0.3, 0.4) is 0 Å². The number of nitrogens with zero attached hydrogens (tertiary/aromatic N) is 2. The molecule has 1 aromatic rings. The lowest BCUT2D eigenvalue weighted by Gasteiger charge is -2.16. The average Bonchev–Trinajstić information content (AvgIpc) is 2.70. The summed E-state index contributed by atoms with van der Waals surface area (Å²) < 4.78 is 1.99. The van der Waals surface area contributed by atoms with Crippen LogP contribution in [0.2, 0.25) is 5.02 Å². The highest BCUT2D eigenvalue weighted by molar-refractivity contribution is 6.31. The normalized spacial score (nSPS) is 12.9. The first-order valence-electron chi connectivity index (χ1n) is 6.71. The lowest BCUT2D eigenvalue weighted by molar-refractivity contribution is 0.469. The number of rotatable bonds is 8. The van der Waals surface area contributed by atoms with E-state index in [1.165, 1.54) is 0 Å². The zero-order valence-electron chi connectivity index (χ0n) is 11.5. The summed E-state index contributed by atoms with van der Waals surface area (Å²) in [4.78, 5) is 0. The Morgan fingerprint density at radius 1 is 1.33 bits per heavy atom. The van der Waals surface area contributed by atoms with Crippen molar-refractivity contribution in [3.8, 4) is 0 Å². The Morgan fingerprint density at radius 3 is 2.56 bits per heavy atom. The van der Waals surface area contributed by atoms with Gasteiger partial charge in [-0.1, -0.05) is 25.4 Å². The highest BCUT2D eigenvalue weighted by Crippen LogP contribution is 2.21. The molecule has 0 spiro atoms.